The maximum absolute atomic E-state index is 10.3. The molecule has 0 unspecified atom stereocenters. The van der Waals surface area contributed by atoms with Gasteiger partial charge in [0.05, 0.1) is 10.6 Å². The lowest BCUT2D eigenvalue weighted by atomic mass is 10.3. The maximum Gasteiger partial charge on any atom is 0.337 e. The highest BCUT2D eigenvalue weighted by atomic mass is 35.5. The first kappa shape index (κ1) is 7.09. The van der Waals surface area contributed by atoms with Gasteiger partial charge in [-0.15, -0.1) is 0 Å². The van der Waals surface area contributed by atoms with Crippen molar-refractivity contribution >= 4 is 17.6 Å². The van der Waals surface area contributed by atoms with Crippen LogP contribution in [0.2, 0.25) is 5.02 Å². The fourth-order valence-corrected chi connectivity index (χ4v) is 0.851. The molecule has 1 rings (SSSR count). The third kappa shape index (κ3) is 1.28. The van der Waals surface area contributed by atoms with Crippen molar-refractivity contribution in [2.24, 2.45) is 0 Å². The van der Waals surface area contributed by atoms with E-state index in [9.17, 15) is 4.79 Å². The predicted molar refractivity (Wildman–Crippen MR) is 38.4 cm³/mol. The lowest BCUT2D eigenvalue weighted by Crippen LogP contribution is -1.95. The van der Waals surface area contributed by atoms with E-state index in [1.165, 1.54) is 6.07 Å². The lowest BCUT2D eigenvalue weighted by molar-refractivity contribution is 0.0697. The van der Waals surface area contributed by atoms with Gasteiger partial charge in [0.2, 0.25) is 0 Å². The van der Waals surface area contributed by atoms with Crippen molar-refractivity contribution in [1.82, 2.24) is 0 Å². The van der Waals surface area contributed by atoms with Crippen LogP contribution in [-0.2, 0) is 0 Å². The molecule has 0 aromatic heterocycles. The molecule has 0 aliphatic carbocycles. The fourth-order valence-electron chi connectivity index (χ4n) is 0.635. The van der Waals surface area contributed by atoms with Crippen LogP contribution in [0.5, 0.6) is 0 Å². The van der Waals surface area contributed by atoms with E-state index in [1.54, 1.807) is 18.2 Å². The molecule has 0 atom stereocenters. The number of aromatic carboxylic acids is 1. The average molecular weight is 158 g/mol. The summed E-state index contributed by atoms with van der Waals surface area (Å²) in [5, 5.41) is 8.75. The van der Waals surface area contributed by atoms with Gasteiger partial charge in [0.25, 0.3) is 0 Å². The van der Waals surface area contributed by atoms with Crippen LogP contribution in [0.3, 0.4) is 0 Å². The number of hydrogen-bond acceptors (Lipinski definition) is 1. The highest BCUT2D eigenvalue weighted by molar-refractivity contribution is 6.33. The fraction of sp³-hybridized carbons (Fsp3) is 0. The monoisotopic (exact) mass is 157 g/mol. The molecule has 0 aliphatic heterocycles. The first-order valence-electron chi connectivity index (χ1n) is 2.69. The van der Waals surface area contributed by atoms with Gasteiger partial charge in [-0.2, -0.15) is 0 Å². The van der Waals surface area contributed by atoms with E-state index in [2.05, 4.69) is 0 Å². The first-order valence-corrected chi connectivity index (χ1v) is 3.07. The van der Waals surface area contributed by atoms with E-state index < -0.39 is 5.97 Å². The van der Waals surface area contributed by atoms with Crippen LogP contribution < -0.4 is 0 Å². The van der Waals surface area contributed by atoms with Crippen LogP contribution in [0.25, 0.3) is 0 Å². The molecule has 0 radical (unpaired) electrons. The molecular formula is C7H5ClO2. The molecule has 0 saturated carbocycles. The molecule has 0 aliphatic rings. The van der Waals surface area contributed by atoms with E-state index >= 15 is 0 Å². The zero-order valence-corrected chi connectivity index (χ0v) is 5.80. The van der Waals surface area contributed by atoms with Crippen LogP contribution in [-0.4, -0.2) is 11.1 Å². The van der Waals surface area contributed by atoms with Crippen molar-refractivity contribution in [3.8, 4) is 0 Å². The van der Waals surface area contributed by atoms with Crippen LogP contribution in [0.1, 0.15) is 10.4 Å². The van der Waals surface area contributed by atoms with Crippen molar-refractivity contribution in [3.05, 3.63) is 34.9 Å². The SMILES string of the molecule is O=[13C](O)c1ccccc1Cl. The zero-order chi connectivity index (χ0) is 7.56. The minimum absolute atomic E-state index is 0.143. The molecule has 1 aromatic carbocycles. The Bertz CT molecular complexity index is 258. The summed E-state index contributed by atoms with van der Waals surface area (Å²) in [6.45, 7) is 0. The smallest absolute Gasteiger partial charge is 0.337 e. The zero-order valence-electron chi connectivity index (χ0n) is 5.04. The van der Waals surface area contributed by atoms with Gasteiger partial charge in [-0.05, 0) is 12.1 Å². The van der Waals surface area contributed by atoms with Gasteiger partial charge in [0, 0.05) is 0 Å². The second kappa shape index (κ2) is 2.71. The number of carbonyl (C=O) groups is 1. The number of carboxylic acids is 1. The molecule has 52 valence electrons. The molecule has 0 spiro atoms. The summed E-state index contributed by atoms with van der Waals surface area (Å²) in [5.41, 5.74) is 0.143. The van der Waals surface area contributed by atoms with Gasteiger partial charge >= 0.3 is 5.97 Å². The Balaban J connectivity index is 3.15. The van der Waals surface area contributed by atoms with Crippen LogP contribution >= 0.6 is 11.6 Å². The Morgan fingerprint density at radius 2 is 2.00 bits per heavy atom. The van der Waals surface area contributed by atoms with Crippen molar-refractivity contribution in [1.29, 1.82) is 0 Å². The molecular weight excluding hydrogens is 153 g/mol. The molecule has 3 heteroatoms. The van der Waals surface area contributed by atoms with E-state index in [4.69, 9.17) is 16.7 Å². The highest BCUT2D eigenvalue weighted by Crippen LogP contribution is 2.13. The topological polar surface area (TPSA) is 37.3 Å². The second-order valence-electron chi connectivity index (χ2n) is 1.78. The Kier molecular flexibility index (Phi) is 1.92. The average Bonchev–Trinajstić information content (AvgIpc) is 1.88. The van der Waals surface area contributed by atoms with Gasteiger partial charge in [-0.25, -0.2) is 4.79 Å². The molecule has 10 heavy (non-hydrogen) atoms. The number of benzene rings is 1. The van der Waals surface area contributed by atoms with Gasteiger partial charge in [-0.3, -0.25) is 0 Å². The number of carboxylic acid groups (broad SMARTS) is 1. The molecule has 0 heterocycles. The minimum Gasteiger partial charge on any atom is -0.478 e. The van der Waals surface area contributed by atoms with Crippen molar-refractivity contribution in [2.45, 2.75) is 0 Å². The summed E-state index contributed by atoms with van der Waals surface area (Å²) in [7, 11) is 0. The van der Waals surface area contributed by atoms with E-state index in [1.807, 2.05) is 0 Å². The Morgan fingerprint density at radius 3 is 2.40 bits per heavy atom. The Morgan fingerprint density at radius 1 is 1.40 bits per heavy atom. The van der Waals surface area contributed by atoms with Crippen molar-refractivity contribution in [2.75, 3.05) is 0 Å². The van der Waals surface area contributed by atoms with Gasteiger partial charge in [-0.1, -0.05) is 23.7 Å². The highest BCUT2D eigenvalue weighted by Gasteiger charge is 2.04. The summed E-state index contributed by atoms with van der Waals surface area (Å²) >= 11 is 5.54. The van der Waals surface area contributed by atoms with Gasteiger partial charge in [0.15, 0.2) is 0 Å². The standard InChI is InChI=1S/C7H5ClO2/c8-6-4-2-1-3-5(6)7(9)10/h1-4H,(H,9,10)/i7+1. The Labute approximate surface area is 63.1 Å². The molecule has 1 N–H and O–H groups in total. The van der Waals surface area contributed by atoms with Crippen LogP contribution in [0.15, 0.2) is 24.3 Å². The summed E-state index contributed by atoms with van der Waals surface area (Å²) in [5.74, 6) is -0.995. The van der Waals surface area contributed by atoms with E-state index in [0.29, 0.717) is 0 Å². The quantitative estimate of drug-likeness (QED) is 0.634. The summed E-state index contributed by atoms with van der Waals surface area (Å²) in [6, 6.07) is 6.33. The molecule has 1 aromatic rings. The van der Waals surface area contributed by atoms with Crippen molar-refractivity contribution < 1.29 is 9.90 Å². The number of hydrogen-bond donors (Lipinski definition) is 1. The largest absolute Gasteiger partial charge is 0.478 e. The minimum atomic E-state index is -0.995. The summed E-state index contributed by atoms with van der Waals surface area (Å²) < 4.78 is 0. The van der Waals surface area contributed by atoms with E-state index in [0.717, 1.165) is 0 Å². The molecule has 0 fully saturated rings. The third-order valence-electron chi connectivity index (χ3n) is 1.10. The molecule has 0 saturated heterocycles. The normalized spacial score (nSPS) is 9.30. The van der Waals surface area contributed by atoms with Crippen molar-refractivity contribution in [3.63, 3.8) is 0 Å². The Hall–Kier alpha value is -1.02. The van der Waals surface area contributed by atoms with Crippen LogP contribution in [0.4, 0.5) is 0 Å². The van der Waals surface area contributed by atoms with E-state index in [-0.39, 0.29) is 10.6 Å². The lowest BCUT2D eigenvalue weighted by Gasteiger charge is -1.94. The predicted octanol–water partition coefficient (Wildman–Crippen LogP) is 2.04. The number of halogens is 1. The number of rotatable bonds is 1. The second-order valence-corrected chi connectivity index (χ2v) is 2.19. The maximum atomic E-state index is 10.3. The first-order chi connectivity index (χ1) is 4.72. The molecule has 2 nitrogen and oxygen atoms in total. The molecule has 0 amide bonds. The van der Waals surface area contributed by atoms with Gasteiger partial charge < -0.3 is 5.11 Å². The van der Waals surface area contributed by atoms with Crippen LogP contribution in [0, 0.1) is 0 Å². The third-order valence-corrected chi connectivity index (χ3v) is 1.43. The van der Waals surface area contributed by atoms with Gasteiger partial charge in [0.1, 0.15) is 0 Å². The summed E-state index contributed by atoms with van der Waals surface area (Å²) in [6.07, 6.45) is 0. The molecule has 0 bridgehead atoms. The summed E-state index contributed by atoms with van der Waals surface area (Å²) in [4.78, 5) is 10.3.